The van der Waals surface area contributed by atoms with E-state index in [9.17, 15) is 9.90 Å². The van der Waals surface area contributed by atoms with E-state index in [1.54, 1.807) is 0 Å². The van der Waals surface area contributed by atoms with Crippen molar-refractivity contribution in [3.63, 3.8) is 0 Å². The molecule has 0 unspecified atom stereocenters. The van der Waals surface area contributed by atoms with Crippen molar-refractivity contribution in [3.8, 4) is 5.75 Å². The van der Waals surface area contributed by atoms with E-state index in [1.165, 1.54) is 18.2 Å². The minimum absolute atomic E-state index is 0.0171. The first-order valence-corrected chi connectivity index (χ1v) is 5.82. The van der Waals surface area contributed by atoms with Crippen LogP contribution in [0.15, 0.2) is 36.5 Å². The number of nitrogens with zero attached hydrogens (tertiary/aromatic N) is 1. The highest BCUT2D eigenvalue weighted by Gasteiger charge is 2.11. The SMILES string of the molecule is Cn1cccc1CNC(=O)c1cc(O)ccc1Cl. The average molecular weight is 265 g/mol. The van der Waals surface area contributed by atoms with Gasteiger partial charge in [-0.3, -0.25) is 4.79 Å². The zero-order chi connectivity index (χ0) is 13.1. The van der Waals surface area contributed by atoms with E-state index in [0.717, 1.165) is 5.69 Å². The predicted molar refractivity (Wildman–Crippen MR) is 69.7 cm³/mol. The molecule has 18 heavy (non-hydrogen) atoms. The lowest BCUT2D eigenvalue weighted by molar-refractivity contribution is 0.0950. The molecule has 94 valence electrons. The summed E-state index contributed by atoms with van der Waals surface area (Å²) in [4.78, 5) is 11.9. The van der Waals surface area contributed by atoms with E-state index in [4.69, 9.17) is 11.6 Å². The van der Waals surface area contributed by atoms with Crippen molar-refractivity contribution in [2.24, 2.45) is 7.05 Å². The van der Waals surface area contributed by atoms with Crippen molar-refractivity contribution in [3.05, 3.63) is 52.8 Å². The molecule has 2 aromatic rings. The van der Waals surface area contributed by atoms with E-state index < -0.39 is 0 Å². The molecule has 1 aromatic heterocycles. The number of hydrogen-bond donors (Lipinski definition) is 2. The first kappa shape index (κ1) is 12.5. The van der Waals surface area contributed by atoms with Crippen LogP contribution in [0.25, 0.3) is 0 Å². The molecule has 1 aromatic carbocycles. The molecule has 2 N–H and O–H groups in total. The minimum atomic E-state index is -0.308. The number of phenols is 1. The van der Waals surface area contributed by atoms with Crippen LogP contribution in [0.2, 0.25) is 5.02 Å². The first-order valence-electron chi connectivity index (χ1n) is 5.45. The normalized spacial score (nSPS) is 10.3. The summed E-state index contributed by atoms with van der Waals surface area (Å²) >= 11 is 5.91. The van der Waals surface area contributed by atoms with Gasteiger partial charge in [-0.15, -0.1) is 0 Å². The summed E-state index contributed by atoms with van der Waals surface area (Å²) in [5, 5.41) is 12.4. The smallest absolute Gasteiger partial charge is 0.253 e. The fourth-order valence-electron chi connectivity index (χ4n) is 1.63. The van der Waals surface area contributed by atoms with Gasteiger partial charge in [0.05, 0.1) is 17.1 Å². The lowest BCUT2D eigenvalue weighted by atomic mass is 10.2. The molecule has 0 aliphatic heterocycles. The van der Waals surface area contributed by atoms with Crippen LogP contribution in [0.1, 0.15) is 16.1 Å². The third-order valence-corrected chi connectivity index (χ3v) is 3.01. The van der Waals surface area contributed by atoms with Gasteiger partial charge in [0, 0.05) is 18.9 Å². The molecule has 1 amide bonds. The van der Waals surface area contributed by atoms with Crippen LogP contribution in [-0.4, -0.2) is 15.6 Å². The van der Waals surface area contributed by atoms with Gasteiger partial charge >= 0.3 is 0 Å². The summed E-state index contributed by atoms with van der Waals surface area (Å²) in [6, 6.07) is 8.11. The summed E-state index contributed by atoms with van der Waals surface area (Å²) in [6.07, 6.45) is 1.91. The molecule has 0 fully saturated rings. The van der Waals surface area contributed by atoms with Crippen molar-refractivity contribution in [1.29, 1.82) is 0 Å². The maximum atomic E-state index is 11.9. The number of hydrogen-bond acceptors (Lipinski definition) is 2. The predicted octanol–water partition coefficient (Wildman–Crippen LogP) is 2.31. The Kier molecular flexibility index (Phi) is 3.58. The molecule has 0 radical (unpaired) electrons. The van der Waals surface area contributed by atoms with Crippen LogP contribution in [0, 0.1) is 0 Å². The van der Waals surface area contributed by atoms with Crippen LogP contribution in [0.5, 0.6) is 5.75 Å². The Hall–Kier alpha value is -1.94. The Morgan fingerprint density at radius 3 is 2.89 bits per heavy atom. The van der Waals surface area contributed by atoms with Gasteiger partial charge in [0.1, 0.15) is 5.75 Å². The van der Waals surface area contributed by atoms with Crippen LogP contribution < -0.4 is 5.32 Å². The number of aromatic nitrogens is 1. The van der Waals surface area contributed by atoms with Gasteiger partial charge in [-0.1, -0.05) is 11.6 Å². The molecule has 0 spiro atoms. The Bertz CT molecular complexity index is 578. The number of aromatic hydroxyl groups is 1. The Labute approximate surface area is 110 Å². The maximum absolute atomic E-state index is 11.9. The number of rotatable bonds is 3. The summed E-state index contributed by atoms with van der Waals surface area (Å²) in [5.74, 6) is -0.291. The standard InChI is InChI=1S/C13H13ClN2O2/c1-16-6-2-3-9(16)8-15-13(18)11-7-10(17)4-5-12(11)14/h2-7,17H,8H2,1H3,(H,15,18). The van der Waals surface area contributed by atoms with Gasteiger partial charge in [0.15, 0.2) is 0 Å². The highest BCUT2D eigenvalue weighted by atomic mass is 35.5. The van der Waals surface area contributed by atoms with Crippen molar-refractivity contribution in [1.82, 2.24) is 9.88 Å². The van der Waals surface area contributed by atoms with Gasteiger partial charge < -0.3 is 15.0 Å². The second-order valence-electron chi connectivity index (χ2n) is 3.96. The number of benzene rings is 1. The topological polar surface area (TPSA) is 54.3 Å². The second kappa shape index (κ2) is 5.14. The zero-order valence-electron chi connectivity index (χ0n) is 9.85. The van der Waals surface area contributed by atoms with Crippen molar-refractivity contribution >= 4 is 17.5 Å². The van der Waals surface area contributed by atoms with Crippen molar-refractivity contribution < 1.29 is 9.90 Å². The molecular formula is C13H13ClN2O2. The number of aryl methyl sites for hydroxylation is 1. The lowest BCUT2D eigenvalue weighted by Crippen LogP contribution is -2.24. The molecule has 0 bridgehead atoms. The summed E-state index contributed by atoms with van der Waals surface area (Å²) in [7, 11) is 1.91. The molecule has 5 heteroatoms. The number of carbonyl (C=O) groups excluding carboxylic acids is 1. The lowest BCUT2D eigenvalue weighted by Gasteiger charge is -2.08. The largest absolute Gasteiger partial charge is 0.508 e. The van der Waals surface area contributed by atoms with Crippen LogP contribution >= 0.6 is 11.6 Å². The number of carbonyl (C=O) groups is 1. The van der Waals surface area contributed by atoms with E-state index in [2.05, 4.69) is 5.32 Å². The van der Waals surface area contributed by atoms with Gasteiger partial charge in [-0.05, 0) is 30.3 Å². The van der Waals surface area contributed by atoms with Gasteiger partial charge in [0.25, 0.3) is 5.91 Å². The highest BCUT2D eigenvalue weighted by Crippen LogP contribution is 2.21. The first-order chi connectivity index (χ1) is 8.58. The third kappa shape index (κ3) is 2.65. The van der Waals surface area contributed by atoms with E-state index in [1.807, 2.05) is 29.9 Å². The molecule has 2 rings (SSSR count). The molecule has 0 saturated heterocycles. The van der Waals surface area contributed by atoms with Crippen LogP contribution in [0.3, 0.4) is 0 Å². The van der Waals surface area contributed by atoms with E-state index in [0.29, 0.717) is 11.6 Å². The number of amides is 1. The van der Waals surface area contributed by atoms with E-state index in [-0.39, 0.29) is 17.2 Å². The molecule has 0 aliphatic carbocycles. The Balaban J connectivity index is 2.08. The molecule has 0 atom stereocenters. The van der Waals surface area contributed by atoms with Gasteiger partial charge in [-0.25, -0.2) is 0 Å². The fraction of sp³-hybridized carbons (Fsp3) is 0.154. The maximum Gasteiger partial charge on any atom is 0.253 e. The highest BCUT2D eigenvalue weighted by molar-refractivity contribution is 6.33. The Morgan fingerprint density at radius 2 is 2.22 bits per heavy atom. The quantitative estimate of drug-likeness (QED) is 0.894. The van der Waals surface area contributed by atoms with Gasteiger partial charge in [-0.2, -0.15) is 0 Å². The van der Waals surface area contributed by atoms with Crippen molar-refractivity contribution in [2.45, 2.75) is 6.54 Å². The average Bonchev–Trinajstić information content (AvgIpc) is 2.75. The van der Waals surface area contributed by atoms with E-state index >= 15 is 0 Å². The molecular weight excluding hydrogens is 252 g/mol. The fourth-order valence-corrected chi connectivity index (χ4v) is 1.84. The molecule has 0 saturated carbocycles. The zero-order valence-corrected chi connectivity index (χ0v) is 10.6. The summed E-state index contributed by atoms with van der Waals surface area (Å²) in [5.41, 5.74) is 1.26. The summed E-state index contributed by atoms with van der Waals surface area (Å²) < 4.78 is 1.92. The number of nitrogens with one attached hydrogen (secondary N) is 1. The molecule has 4 nitrogen and oxygen atoms in total. The van der Waals surface area contributed by atoms with Crippen LogP contribution in [0.4, 0.5) is 0 Å². The summed E-state index contributed by atoms with van der Waals surface area (Å²) in [6.45, 7) is 0.411. The molecule has 0 aliphatic rings. The van der Waals surface area contributed by atoms with Crippen LogP contribution in [-0.2, 0) is 13.6 Å². The number of phenolic OH excluding ortho intramolecular Hbond substituents is 1. The monoisotopic (exact) mass is 264 g/mol. The third-order valence-electron chi connectivity index (χ3n) is 2.68. The minimum Gasteiger partial charge on any atom is -0.508 e. The number of halogens is 1. The Morgan fingerprint density at radius 1 is 1.44 bits per heavy atom. The van der Waals surface area contributed by atoms with Crippen molar-refractivity contribution in [2.75, 3.05) is 0 Å². The second-order valence-corrected chi connectivity index (χ2v) is 4.36. The van der Waals surface area contributed by atoms with Gasteiger partial charge in [0.2, 0.25) is 0 Å². The molecule has 1 heterocycles.